The SMILES string of the molecule is CCOC(=O)c1cc(N2CCC(C(=O)N3CCOCC3)CC2)ccc1[N+](=O)[O-]. The number of hydrogen-bond acceptors (Lipinski definition) is 7. The van der Waals surface area contributed by atoms with Crippen LogP contribution in [-0.4, -0.2) is 67.7 Å². The summed E-state index contributed by atoms with van der Waals surface area (Å²) in [4.78, 5) is 39.3. The molecule has 2 aliphatic rings. The second-order valence-corrected chi connectivity index (χ2v) is 6.88. The van der Waals surface area contributed by atoms with Crippen LogP contribution in [0.2, 0.25) is 0 Å². The minimum Gasteiger partial charge on any atom is -0.462 e. The minimum atomic E-state index is -0.701. The van der Waals surface area contributed by atoms with E-state index >= 15 is 0 Å². The van der Waals surface area contributed by atoms with E-state index in [-0.39, 0.29) is 29.7 Å². The van der Waals surface area contributed by atoms with Crippen molar-refractivity contribution < 1.29 is 24.0 Å². The number of anilines is 1. The molecule has 0 saturated carbocycles. The highest BCUT2D eigenvalue weighted by Gasteiger charge is 2.30. The summed E-state index contributed by atoms with van der Waals surface area (Å²) in [7, 11) is 0. The van der Waals surface area contributed by atoms with Crippen molar-refractivity contribution in [1.29, 1.82) is 0 Å². The Morgan fingerprint density at radius 2 is 1.89 bits per heavy atom. The van der Waals surface area contributed by atoms with E-state index in [4.69, 9.17) is 9.47 Å². The molecule has 2 aliphatic heterocycles. The van der Waals surface area contributed by atoms with Gasteiger partial charge in [0.25, 0.3) is 5.69 Å². The van der Waals surface area contributed by atoms with Crippen molar-refractivity contribution in [2.45, 2.75) is 19.8 Å². The van der Waals surface area contributed by atoms with Gasteiger partial charge >= 0.3 is 5.97 Å². The van der Waals surface area contributed by atoms with Crippen LogP contribution in [0, 0.1) is 16.0 Å². The maximum Gasteiger partial charge on any atom is 0.345 e. The molecular formula is C19H25N3O6. The fraction of sp³-hybridized carbons (Fsp3) is 0.579. The van der Waals surface area contributed by atoms with E-state index < -0.39 is 10.9 Å². The molecule has 2 heterocycles. The Hall–Kier alpha value is -2.68. The molecule has 0 spiro atoms. The van der Waals surface area contributed by atoms with E-state index in [1.54, 1.807) is 13.0 Å². The van der Waals surface area contributed by atoms with Gasteiger partial charge in [0.05, 0.1) is 24.7 Å². The Bertz CT molecular complexity index is 739. The third-order valence-corrected chi connectivity index (χ3v) is 5.20. The zero-order chi connectivity index (χ0) is 20.1. The summed E-state index contributed by atoms with van der Waals surface area (Å²) in [6, 6.07) is 4.50. The second-order valence-electron chi connectivity index (χ2n) is 6.88. The molecule has 2 saturated heterocycles. The van der Waals surface area contributed by atoms with Gasteiger partial charge in [0.2, 0.25) is 5.91 Å². The average Bonchev–Trinajstić information content (AvgIpc) is 2.73. The first kappa shape index (κ1) is 20.1. The van der Waals surface area contributed by atoms with Gasteiger partial charge in [-0.1, -0.05) is 0 Å². The monoisotopic (exact) mass is 391 g/mol. The number of carbonyl (C=O) groups is 2. The summed E-state index contributed by atoms with van der Waals surface area (Å²) in [5, 5.41) is 11.2. The van der Waals surface area contributed by atoms with Gasteiger partial charge in [0.1, 0.15) is 5.56 Å². The highest BCUT2D eigenvalue weighted by atomic mass is 16.6. The molecule has 9 heteroatoms. The molecule has 3 rings (SSSR count). The van der Waals surface area contributed by atoms with E-state index in [1.165, 1.54) is 12.1 Å². The maximum atomic E-state index is 12.6. The largest absolute Gasteiger partial charge is 0.462 e. The predicted molar refractivity (Wildman–Crippen MR) is 101 cm³/mol. The van der Waals surface area contributed by atoms with Crippen molar-refractivity contribution in [3.63, 3.8) is 0 Å². The average molecular weight is 391 g/mol. The van der Waals surface area contributed by atoms with Crippen LogP contribution in [0.5, 0.6) is 0 Å². The van der Waals surface area contributed by atoms with E-state index in [0.29, 0.717) is 52.2 Å². The van der Waals surface area contributed by atoms with Gasteiger partial charge in [-0.15, -0.1) is 0 Å². The summed E-state index contributed by atoms with van der Waals surface area (Å²) in [5.41, 5.74) is 0.418. The normalized spacial score (nSPS) is 18.0. The van der Waals surface area contributed by atoms with Crippen molar-refractivity contribution in [2.24, 2.45) is 5.92 Å². The van der Waals surface area contributed by atoms with Crippen molar-refractivity contribution in [3.05, 3.63) is 33.9 Å². The highest BCUT2D eigenvalue weighted by molar-refractivity contribution is 5.95. The van der Waals surface area contributed by atoms with E-state index in [1.807, 2.05) is 4.90 Å². The number of ether oxygens (including phenoxy) is 2. The first-order valence-corrected chi connectivity index (χ1v) is 9.58. The van der Waals surface area contributed by atoms with Gasteiger partial charge in [0, 0.05) is 43.9 Å². The highest BCUT2D eigenvalue weighted by Crippen LogP contribution is 2.29. The molecule has 9 nitrogen and oxygen atoms in total. The summed E-state index contributed by atoms with van der Waals surface area (Å²) >= 11 is 0. The molecule has 152 valence electrons. The molecule has 28 heavy (non-hydrogen) atoms. The number of nitrogens with zero attached hydrogens (tertiary/aromatic N) is 3. The van der Waals surface area contributed by atoms with Crippen LogP contribution in [0.4, 0.5) is 11.4 Å². The van der Waals surface area contributed by atoms with Crippen LogP contribution in [0.1, 0.15) is 30.1 Å². The fourth-order valence-corrected chi connectivity index (χ4v) is 3.68. The van der Waals surface area contributed by atoms with E-state index in [9.17, 15) is 19.7 Å². The van der Waals surface area contributed by atoms with Crippen molar-refractivity contribution in [3.8, 4) is 0 Å². The van der Waals surface area contributed by atoms with Gasteiger partial charge in [-0.3, -0.25) is 14.9 Å². The number of rotatable bonds is 5. The molecule has 0 aliphatic carbocycles. The van der Waals surface area contributed by atoms with Gasteiger partial charge in [0.15, 0.2) is 0 Å². The quantitative estimate of drug-likeness (QED) is 0.429. The van der Waals surface area contributed by atoms with Crippen LogP contribution < -0.4 is 4.90 Å². The number of nitro benzene ring substituents is 1. The molecule has 0 bridgehead atoms. The third kappa shape index (κ3) is 4.41. The number of hydrogen-bond donors (Lipinski definition) is 0. The number of esters is 1. The van der Waals surface area contributed by atoms with Gasteiger partial charge in [-0.25, -0.2) is 4.79 Å². The molecule has 0 N–H and O–H groups in total. The Balaban J connectivity index is 1.68. The first-order valence-electron chi connectivity index (χ1n) is 9.58. The molecule has 2 fully saturated rings. The second kappa shape index (κ2) is 9.01. The van der Waals surface area contributed by atoms with Crippen LogP contribution in [0.3, 0.4) is 0 Å². The Labute approximate surface area is 163 Å². The lowest BCUT2D eigenvalue weighted by Crippen LogP contribution is -2.46. The number of nitro groups is 1. The summed E-state index contributed by atoms with van der Waals surface area (Å²) in [5.74, 6) is -0.538. The Morgan fingerprint density at radius 1 is 1.21 bits per heavy atom. The summed E-state index contributed by atoms with van der Waals surface area (Å²) < 4.78 is 10.3. The van der Waals surface area contributed by atoms with E-state index in [0.717, 1.165) is 5.69 Å². The minimum absolute atomic E-state index is 0.0167. The number of carbonyl (C=O) groups excluding carboxylic acids is 2. The lowest BCUT2D eigenvalue weighted by Gasteiger charge is -2.36. The van der Waals surface area contributed by atoms with Crippen molar-refractivity contribution >= 4 is 23.3 Å². The van der Waals surface area contributed by atoms with Gasteiger partial charge in [-0.05, 0) is 31.9 Å². The van der Waals surface area contributed by atoms with E-state index in [2.05, 4.69) is 4.90 Å². The molecular weight excluding hydrogens is 366 g/mol. The Morgan fingerprint density at radius 3 is 2.50 bits per heavy atom. The zero-order valence-electron chi connectivity index (χ0n) is 16.0. The molecule has 0 aromatic heterocycles. The summed E-state index contributed by atoms with van der Waals surface area (Å²) in [6.07, 6.45) is 1.42. The van der Waals surface area contributed by atoms with Crippen LogP contribution in [0.25, 0.3) is 0 Å². The lowest BCUT2D eigenvalue weighted by atomic mass is 9.94. The van der Waals surface area contributed by atoms with Crippen LogP contribution >= 0.6 is 0 Å². The predicted octanol–water partition coefficient (Wildman–Crippen LogP) is 1.85. The number of benzene rings is 1. The molecule has 1 amide bonds. The Kier molecular flexibility index (Phi) is 6.45. The third-order valence-electron chi connectivity index (χ3n) is 5.20. The molecule has 0 atom stereocenters. The van der Waals surface area contributed by atoms with Crippen LogP contribution in [0.15, 0.2) is 18.2 Å². The lowest BCUT2D eigenvalue weighted by molar-refractivity contribution is -0.385. The van der Waals surface area contributed by atoms with Gasteiger partial charge < -0.3 is 19.3 Å². The molecule has 0 radical (unpaired) electrons. The summed E-state index contributed by atoms with van der Waals surface area (Å²) in [6.45, 7) is 5.57. The first-order chi connectivity index (χ1) is 13.5. The number of morpholine rings is 1. The van der Waals surface area contributed by atoms with Crippen molar-refractivity contribution in [1.82, 2.24) is 4.90 Å². The van der Waals surface area contributed by atoms with Gasteiger partial charge in [-0.2, -0.15) is 0 Å². The van der Waals surface area contributed by atoms with Crippen LogP contribution in [-0.2, 0) is 14.3 Å². The fourth-order valence-electron chi connectivity index (χ4n) is 3.68. The number of amides is 1. The standard InChI is InChI=1S/C19H25N3O6/c1-2-28-19(24)16-13-15(3-4-17(16)22(25)26)20-7-5-14(6-8-20)18(23)21-9-11-27-12-10-21/h3-4,13-14H,2,5-12H2,1H3. The number of piperidine rings is 1. The maximum absolute atomic E-state index is 12.6. The zero-order valence-corrected chi connectivity index (χ0v) is 16.0. The topological polar surface area (TPSA) is 102 Å². The molecule has 1 aromatic rings. The molecule has 1 aromatic carbocycles. The van der Waals surface area contributed by atoms with Crippen molar-refractivity contribution in [2.75, 3.05) is 50.9 Å². The molecule has 0 unspecified atom stereocenters. The smallest absolute Gasteiger partial charge is 0.345 e.